The Morgan fingerprint density at radius 2 is 1.03 bits per heavy atom. The fourth-order valence-corrected chi connectivity index (χ4v) is 19.5. The predicted molar refractivity (Wildman–Crippen MR) is 507 cm³/mol. The van der Waals surface area contributed by atoms with Crippen molar-refractivity contribution in [3.63, 3.8) is 0 Å². The van der Waals surface area contributed by atoms with E-state index >= 15 is 9.59 Å². The molecule has 131 heavy (non-hydrogen) atoms. The van der Waals surface area contributed by atoms with E-state index in [1.165, 1.54) is 0 Å². The number of aryl methyl sites for hydroxylation is 1. The highest BCUT2D eigenvalue weighted by atomic mass is 35.5. The molecule has 2 aliphatic heterocycles. The Kier molecular flexibility index (Phi) is 30.5. The molecule has 8 heterocycles. The van der Waals surface area contributed by atoms with Gasteiger partial charge >= 0.3 is 5.97 Å². The third kappa shape index (κ3) is 22.2. The van der Waals surface area contributed by atoms with E-state index in [0.29, 0.717) is 153 Å². The molecule has 24 heteroatoms. The number of rotatable bonds is 40. The molecule has 2 N–H and O–H groups in total. The standard InChI is InChI=1S/C107H113Cl2N11O11/c1-4-92-93-63-90(42-43-97(93)115-99-94(92)73-120-98(99)64-96-95(101(120)122)74-130-75(3)107(96,126)5-2)131-102(123)81-32-28-77(29-33-81)68-119(104(125)106(46-14-7-15-47-106)83-36-40-85(109)41-37-83)54-57-128-59-58-127-56-52-114-100(121)80-30-26-76(27-31-80)67-118(103(124)105(44-12-6-13-45-105)82-34-38-84(108)39-35-82)53-20-21-55-129-91-61-78(65-116(69-86-22-8-16-48-110-86)70-87-23-9-17-49-111-87)60-79(62-91)66-117(71-88-24-10-18-50-112-88)72-89-25-11-19-51-113-89/h8-11,16-19,22-43,48-51,60-64,126H,3-7,12-15,20-21,44-47,52-59,65-74H2,1-2H3,(H,114,121)/t107-/m1/s1. The second kappa shape index (κ2) is 43.3. The van der Waals surface area contributed by atoms with Crippen LogP contribution in [0.15, 0.2) is 254 Å². The predicted octanol–water partition coefficient (Wildman–Crippen LogP) is 18.9. The van der Waals surface area contributed by atoms with Crippen molar-refractivity contribution in [1.82, 2.24) is 54.4 Å². The van der Waals surface area contributed by atoms with E-state index in [2.05, 4.69) is 64.2 Å². The van der Waals surface area contributed by atoms with Crippen LogP contribution in [0.4, 0.5) is 0 Å². The highest BCUT2D eigenvalue weighted by molar-refractivity contribution is 6.31. The van der Waals surface area contributed by atoms with Gasteiger partial charge in [0.05, 0.1) is 101 Å². The number of unbranched alkanes of at least 4 members (excludes halogenated alkanes) is 1. The summed E-state index contributed by atoms with van der Waals surface area (Å²) in [6.07, 6.45) is 18.2. The third-order valence-electron chi connectivity index (χ3n) is 26.0. The first kappa shape index (κ1) is 92.2. The fraction of sp³-hybridized carbons (Fsp3) is 0.346. The lowest BCUT2D eigenvalue weighted by Gasteiger charge is -2.40. The first-order valence-corrected chi connectivity index (χ1v) is 46.7. The van der Waals surface area contributed by atoms with Crippen LogP contribution in [0.5, 0.6) is 11.5 Å². The van der Waals surface area contributed by atoms with Crippen LogP contribution in [0, 0.1) is 0 Å². The lowest BCUT2D eigenvalue weighted by Crippen LogP contribution is -2.48. The summed E-state index contributed by atoms with van der Waals surface area (Å²) in [6, 6.07) is 67.9. The van der Waals surface area contributed by atoms with E-state index in [1.807, 2.05) is 200 Å². The Morgan fingerprint density at radius 3 is 1.53 bits per heavy atom. The second-order valence-electron chi connectivity index (χ2n) is 34.8. The maximum Gasteiger partial charge on any atom is 0.343 e. The van der Waals surface area contributed by atoms with Crippen LogP contribution >= 0.6 is 23.2 Å². The van der Waals surface area contributed by atoms with E-state index in [0.717, 1.165) is 130 Å². The zero-order chi connectivity index (χ0) is 90.7. The van der Waals surface area contributed by atoms with Crippen molar-refractivity contribution < 1.29 is 48.0 Å². The minimum absolute atomic E-state index is 0.00264. The fourth-order valence-electron chi connectivity index (χ4n) is 19.2. The van der Waals surface area contributed by atoms with Crippen LogP contribution in [0.25, 0.3) is 22.3 Å². The van der Waals surface area contributed by atoms with Crippen LogP contribution in [-0.2, 0) is 112 Å². The zero-order valence-electron chi connectivity index (χ0n) is 74.6. The van der Waals surface area contributed by atoms with Gasteiger partial charge in [-0.3, -0.25) is 48.9 Å². The van der Waals surface area contributed by atoms with Gasteiger partial charge in [-0.1, -0.05) is 161 Å². The quantitative estimate of drug-likeness (QED) is 0.0206. The number of fused-ring (bicyclic) bond motifs is 5. The minimum atomic E-state index is -1.51. The van der Waals surface area contributed by atoms with Gasteiger partial charge in [-0.05, 0) is 224 Å². The molecule has 0 radical (unpaired) electrons. The number of carbonyl (C=O) groups excluding carboxylic acids is 4. The summed E-state index contributed by atoms with van der Waals surface area (Å²) in [5.41, 5.74) is 11.9. The maximum atomic E-state index is 15.6. The number of amides is 3. The molecule has 0 spiro atoms. The highest BCUT2D eigenvalue weighted by Gasteiger charge is 2.46. The second-order valence-corrected chi connectivity index (χ2v) is 35.7. The largest absolute Gasteiger partial charge is 0.494 e. The molecule has 676 valence electrons. The average molecular weight is 1800 g/mol. The normalized spacial score (nSPS) is 15.4. The number of nitrogens with one attached hydrogen (secondary N) is 1. The molecule has 0 bridgehead atoms. The maximum absolute atomic E-state index is 15.6. The molecular weight excluding hydrogens is 1690 g/mol. The minimum Gasteiger partial charge on any atom is -0.494 e. The monoisotopic (exact) mass is 1800 g/mol. The van der Waals surface area contributed by atoms with Crippen LogP contribution in [-0.4, -0.2) is 131 Å². The molecule has 6 aromatic carbocycles. The van der Waals surface area contributed by atoms with Gasteiger partial charge in [0, 0.05) is 129 Å². The third-order valence-corrected chi connectivity index (χ3v) is 26.6. The van der Waals surface area contributed by atoms with Crippen molar-refractivity contribution in [2.45, 2.75) is 186 Å². The molecule has 1 atom stereocenters. The number of aromatic nitrogens is 6. The molecule has 4 aliphatic rings. The van der Waals surface area contributed by atoms with Crippen molar-refractivity contribution in [3.05, 3.63) is 359 Å². The molecule has 2 fully saturated rings. The van der Waals surface area contributed by atoms with Crippen molar-refractivity contribution in [2.24, 2.45) is 0 Å². The summed E-state index contributed by atoms with van der Waals surface area (Å²) >= 11 is 12.9. The Balaban J connectivity index is 0.538. The van der Waals surface area contributed by atoms with E-state index in [9.17, 15) is 19.5 Å². The highest BCUT2D eigenvalue weighted by Crippen LogP contribution is 2.47. The van der Waals surface area contributed by atoms with Crippen molar-refractivity contribution in [1.29, 1.82) is 0 Å². The number of nitrogens with zero attached hydrogens (tertiary/aromatic N) is 10. The SMILES string of the molecule is C=C1OCc2c(cc3n(c2=O)Cc2c-3nc3ccc(OC(=O)c4ccc(CN(CCOCCOCCNC(=O)c5ccc(CN(CCCCOc6cc(CN(Cc7ccccn7)Cc7ccccn7)cc(CN(Cc7ccccn7)Cc7ccccn7)c6)C(=O)C6(c7ccc(Cl)cc7)CCCCC6)cc5)C(=O)C5(c6ccc(Cl)cc6)CCCCC5)cc4)cc3c2CC)[C@@]1(O)CC. The van der Waals surface area contributed by atoms with Gasteiger partial charge in [-0.2, -0.15) is 0 Å². The molecule has 2 aliphatic carbocycles. The Morgan fingerprint density at radius 1 is 0.519 bits per heavy atom. The van der Waals surface area contributed by atoms with E-state index in [4.69, 9.17) is 71.8 Å². The molecule has 0 unspecified atom stereocenters. The molecule has 12 aromatic rings. The number of benzene rings is 6. The topological polar surface area (TPSA) is 246 Å². The van der Waals surface area contributed by atoms with Crippen LogP contribution in [0.3, 0.4) is 0 Å². The molecule has 22 nitrogen and oxygen atoms in total. The average Bonchev–Trinajstić information content (AvgIpc) is 1.56. The summed E-state index contributed by atoms with van der Waals surface area (Å²) in [5, 5.41) is 16.7. The number of esters is 1. The molecule has 16 rings (SSSR count). The van der Waals surface area contributed by atoms with Gasteiger partial charge in [0.1, 0.15) is 29.5 Å². The Labute approximate surface area is 776 Å². The molecule has 3 amide bonds. The van der Waals surface area contributed by atoms with Gasteiger partial charge in [0.15, 0.2) is 0 Å². The summed E-state index contributed by atoms with van der Waals surface area (Å²) in [5.74, 6) is 0.582. The number of halogens is 2. The van der Waals surface area contributed by atoms with Gasteiger partial charge in [-0.15, -0.1) is 0 Å². The van der Waals surface area contributed by atoms with Crippen molar-refractivity contribution in [2.75, 3.05) is 52.7 Å². The van der Waals surface area contributed by atoms with Crippen molar-refractivity contribution >= 4 is 57.8 Å². The summed E-state index contributed by atoms with van der Waals surface area (Å²) < 4.78 is 32.5. The Bertz CT molecular complexity index is 5820. The van der Waals surface area contributed by atoms with E-state index in [1.54, 1.807) is 22.8 Å². The first-order valence-electron chi connectivity index (χ1n) is 45.9. The number of aliphatic hydroxyl groups is 1. The number of ether oxygens (including phenoxy) is 5. The molecule has 6 aromatic heterocycles. The van der Waals surface area contributed by atoms with Crippen LogP contribution in [0.1, 0.15) is 196 Å². The number of carbonyl (C=O) groups is 4. The number of pyridine rings is 6. The van der Waals surface area contributed by atoms with Crippen LogP contribution in [0.2, 0.25) is 10.0 Å². The van der Waals surface area contributed by atoms with Crippen LogP contribution < -0.4 is 20.3 Å². The molecular formula is C107H113Cl2N11O11. The Hall–Kier alpha value is -12.1. The molecule has 2 saturated carbocycles. The van der Waals surface area contributed by atoms with Gasteiger partial charge in [0.25, 0.3) is 11.5 Å². The summed E-state index contributed by atoms with van der Waals surface area (Å²) in [4.78, 5) is 105. The van der Waals surface area contributed by atoms with Crippen molar-refractivity contribution in [3.8, 4) is 22.9 Å². The first-order chi connectivity index (χ1) is 63.9. The summed E-state index contributed by atoms with van der Waals surface area (Å²) in [6.45, 7) is 14.8. The lowest BCUT2D eigenvalue weighted by molar-refractivity contribution is -0.141. The lowest BCUT2D eigenvalue weighted by atomic mass is 9.68. The van der Waals surface area contributed by atoms with E-state index in [-0.39, 0.29) is 88.1 Å². The molecule has 0 saturated heterocycles. The smallest absolute Gasteiger partial charge is 0.343 e. The van der Waals surface area contributed by atoms with E-state index < -0.39 is 22.4 Å². The zero-order valence-corrected chi connectivity index (χ0v) is 76.1. The van der Waals surface area contributed by atoms with Gasteiger partial charge < -0.3 is 48.5 Å². The van der Waals surface area contributed by atoms with Gasteiger partial charge in [-0.25, -0.2) is 9.78 Å². The van der Waals surface area contributed by atoms with Gasteiger partial charge in [0.2, 0.25) is 11.8 Å². The number of hydrogen-bond donors (Lipinski definition) is 2. The summed E-state index contributed by atoms with van der Waals surface area (Å²) in [7, 11) is 0. The number of hydrogen-bond acceptors (Lipinski definition) is 18.